The van der Waals surface area contributed by atoms with E-state index < -0.39 is 12.0 Å². The van der Waals surface area contributed by atoms with E-state index in [-0.39, 0.29) is 6.61 Å². The molecule has 5 rings (SSSR count). The van der Waals surface area contributed by atoms with Gasteiger partial charge in [-0.2, -0.15) is 5.26 Å². The van der Waals surface area contributed by atoms with Crippen molar-refractivity contribution in [3.8, 4) is 28.7 Å². The minimum absolute atomic E-state index is 0.235. The van der Waals surface area contributed by atoms with Crippen LogP contribution in [-0.4, -0.2) is 33.5 Å². The highest BCUT2D eigenvalue weighted by atomic mass is 35.5. The van der Waals surface area contributed by atoms with Gasteiger partial charge in [-0.15, -0.1) is 0 Å². The third-order valence-electron chi connectivity index (χ3n) is 7.66. The molecule has 0 spiro atoms. The van der Waals surface area contributed by atoms with Crippen molar-refractivity contribution in [2.45, 2.75) is 52.0 Å². The number of carboxylic acids is 1. The summed E-state index contributed by atoms with van der Waals surface area (Å²) >= 11 is 6.75. The summed E-state index contributed by atoms with van der Waals surface area (Å²) in [4.78, 5) is 18.0. The van der Waals surface area contributed by atoms with Crippen LogP contribution < -0.4 is 9.47 Å². The molecule has 7 nitrogen and oxygen atoms in total. The maximum Gasteiger partial charge on any atom is 0.320 e. The highest BCUT2D eigenvalue weighted by Gasteiger charge is 2.29. The lowest BCUT2D eigenvalue weighted by atomic mass is 9.97. The molecular weight excluding hydrogens is 550 g/mol. The van der Waals surface area contributed by atoms with Gasteiger partial charge in [-0.1, -0.05) is 48.4 Å². The van der Waals surface area contributed by atoms with Gasteiger partial charge in [0.25, 0.3) is 0 Å². The largest absolute Gasteiger partial charge is 0.488 e. The summed E-state index contributed by atoms with van der Waals surface area (Å²) in [5.41, 5.74) is 6.51. The molecule has 1 N–H and O–H groups in total. The summed E-state index contributed by atoms with van der Waals surface area (Å²) in [6, 6.07) is 22.5. The fraction of sp³-hybridized carbons (Fsp3) is 0.265. The van der Waals surface area contributed by atoms with Gasteiger partial charge in [0.15, 0.2) is 0 Å². The van der Waals surface area contributed by atoms with E-state index in [4.69, 9.17) is 21.1 Å². The Hall–Kier alpha value is -4.38. The predicted molar refractivity (Wildman–Crippen MR) is 161 cm³/mol. The molecule has 0 saturated carbocycles. The van der Waals surface area contributed by atoms with Crippen LogP contribution >= 0.6 is 11.6 Å². The monoisotopic (exact) mass is 581 g/mol. The first-order chi connectivity index (χ1) is 20.4. The predicted octanol–water partition coefficient (Wildman–Crippen LogP) is 7.18. The van der Waals surface area contributed by atoms with Gasteiger partial charge < -0.3 is 14.6 Å². The van der Waals surface area contributed by atoms with Crippen molar-refractivity contribution >= 4 is 17.6 Å². The maximum atomic E-state index is 11.9. The van der Waals surface area contributed by atoms with Gasteiger partial charge in [0.1, 0.15) is 30.8 Å². The van der Waals surface area contributed by atoms with Gasteiger partial charge in [0.05, 0.1) is 16.7 Å². The molecule has 1 fully saturated rings. The number of carbonyl (C=O) groups is 1. The molecule has 8 heteroatoms. The Morgan fingerprint density at radius 3 is 2.60 bits per heavy atom. The number of hydrogen-bond donors (Lipinski definition) is 1. The first-order valence-corrected chi connectivity index (χ1v) is 14.3. The van der Waals surface area contributed by atoms with E-state index >= 15 is 0 Å². The van der Waals surface area contributed by atoms with Crippen LogP contribution in [0.15, 0.2) is 79.1 Å². The van der Waals surface area contributed by atoms with E-state index in [2.05, 4.69) is 24.0 Å². The SMILES string of the molecule is Cc1c(COc2cc(OCc3cccc(C#N)c3)c(CN3CCCCC3C(=O)O)cc2Cl)cccc1-c1ccncc1. The number of benzene rings is 3. The Bertz CT molecular complexity index is 1600. The molecule has 1 aliphatic rings. The number of rotatable bonds is 10. The van der Waals surface area contributed by atoms with Gasteiger partial charge in [-0.3, -0.25) is 14.7 Å². The molecule has 214 valence electrons. The molecule has 1 aromatic heterocycles. The molecule has 1 unspecified atom stereocenters. The molecular formula is C34H32ClN3O4. The summed E-state index contributed by atoms with van der Waals surface area (Å²) < 4.78 is 12.5. The third kappa shape index (κ3) is 6.91. The molecule has 0 bridgehead atoms. The van der Waals surface area contributed by atoms with E-state index in [0.29, 0.717) is 48.2 Å². The van der Waals surface area contributed by atoms with Crippen molar-refractivity contribution < 1.29 is 19.4 Å². The molecule has 42 heavy (non-hydrogen) atoms. The molecule has 1 atom stereocenters. The van der Waals surface area contributed by atoms with E-state index in [0.717, 1.165) is 46.2 Å². The smallest absolute Gasteiger partial charge is 0.320 e. The van der Waals surface area contributed by atoms with Gasteiger partial charge >= 0.3 is 5.97 Å². The highest BCUT2D eigenvalue weighted by molar-refractivity contribution is 6.32. The first-order valence-electron chi connectivity index (χ1n) is 14.0. The number of ether oxygens (including phenoxy) is 2. The second kappa shape index (κ2) is 13.5. The topological polar surface area (TPSA) is 95.7 Å². The van der Waals surface area contributed by atoms with Crippen LogP contribution in [0.4, 0.5) is 0 Å². The van der Waals surface area contributed by atoms with Crippen molar-refractivity contribution in [3.63, 3.8) is 0 Å². The number of halogens is 1. The van der Waals surface area contributed by atoms with E-state index in [1.165, 1.54) is 0 Å². The zero-order valence-electron chi connectivity index (χ0n) is 23.4. The standard InChI is InChI=1S/C34H32ClN3O4/c1-23-27(8-5-9-29(23)26-11-13-37-14-12-26)22-42-33-18-32(41-21-25-7-4-6-24(16-25)19-36)28(17-30(33)35)20-38-15-3-2-10-31(38)34(39)40/h4-9,11-14,16-18,31H,2-3,10,15,20-22H2,1H3,(H,39,40). The van der Waals surface area contributed by atoms with Gasteiger partial charge in [0.2, 0.25) is 0 Å². The molecule has 1 saturated heterocycles. The van der Waals surface area contributed by atoms with Crippen molar-refractivity contribution in [3.05, 3.63) is 112 Å². The Morgan fingerprint density at radius 2 is 1.81 bits per heavy atom. The summed E-state index contributed by atoms with van der Waals surface area (Å²) in [5, 5.41) is 19.5. The van der Waals surface area contributed by atoms with Crippen LogP contribution in [0.3, 0.4) is 0 Å². The minimum Gasteiger partial charge on any atom is -0.488 e. The zero-order chi connectivity index (χ0) is 29.5. The highest BCUT2D eigenvalue weighted by Crippen LogP contribution is 2.36. The number of aliphatic carboxylic acids is 1. The number of hydrogen-bond acceptors (Lipinski definition) is 6. The van der Waals surface area contributed by atoms with Crippen molar-refractivity contribution in [1.82, 2.24) is 9.88 Å². The molecule has 2 heterocycles. The normalized spacial score (nSPS) is 15.1. The molecule has 3 aromatic carbocycles. The molecule has 0 amide bonds. The summed E-state index contributed by atoms with van der Waals surface area (Å²) in [5.74, 6) is 0.220. The number of nitrogens with zero attached hydrogens (tertiary/aromatic N) is 3. The zero-order valence-corrected chi connectivity index (χ0v) is 24.2. The minimum atomic E-state index is -0.819. The van der Waals surface area contributed by atoms with Crippen molar-refractivity contribution in [1.29, 1.82) is 5.26 Å². The Morgan fingerprint density at radius 1 is 1.02 bits per heavy atom. The van der Waals surface area contributed by atoms with Gasteiger partial charge in [-0.25, -0.2) is 0 Å². The maximum absolute atomic E-state index is 11.9. The summed E-state index contributed by atoms with van der Waals surface area (Å²) in [6.07, 6.45) is 5.99. The third-order valence-corrected chi connectivity index (χ3v) is 7.95. The average Bonchev–Trinajstić information content (AvgIpc) is 3.01. The lowest BCUT2D eigenvalue weighted by Crippen LogP contribution is -2.44. The summed E-state index contributed by atoms with van der Waals surface area (Å²) in [6.45, 7) is 3.68. The van der Waals surface area contributed by atoms with Crippen LogP contribution in [0.25, 0.3) is 11.1 Å². The molecule has 1 aliphatic heterocycles. The number of piperidine rings is 1. The number of aromatic nitrogens is 1. The number of likely N-dealkylation sites (tertiary alicyclic amines) is 1. The molecule has 0 radical (unpaired) electrons. The quantitative estimate of drug-likeness (QED) is 0.212. The number of nitriles is 1. The van der Waals surface area contributed by atoms with Crippen molar-refractivity contribution in [2.24, 2.45) is 0 Å². The van der Waals surface area contributed by atoms with E-state index in [1.54, 1.807) is 30.6 Å². The van der Waals surface area contributed by atoms with Crippen molar-refractivity contribution in [2.75, 3.05) is 6.54 Å². The van der Waals surface area contributed by atoms with E-state index in [9.17, 15) is 15.2 Å². The molecule has 0 aliphatic carbocycles. The Kier molecular flexibility index (Phi) is 9.38. The Balaban J connectivity index is 1.41. The Labute approximate surface area is 250 Å². The number of pyridine rings is 1. The number of carboxylic acid groups (broad SMARTS) is 1. The van der Waals surface area contributed by atoms with Crippen LogP contribution in [0.1, 0.15) is 47.1 Å². The van der Waals surface area contributed by atoms with Crippen LogP contribution in [-0.2, 0) is 24.6 Å². The lowest BCUT2D eigenvalue weighted by molar-refractivity contribution is -0.144. The average molecular weight is 582 g/mol. The fourth-order valence-electron chi connectivity index (χ4n) is 5.35. The lowest BCUT2D eigenvalue weighted by Gasteiger charge is -2.33. The summed E-state index contributed by atoms with van der Waals surface area (Å²) in [7, 11) is 0. The first kappa shape index (κ1) is 29.1. The van der Waals surface area contributed by atoms with Crippen LogP contribution in [0.5, 0.6) is 11.5 Å². The second-order valence-corrected chi connectivity index (χ2v) is 10.8. The van der Waals surface area contributed by atoms with Crippen LogP contribution in [0, 0.1) is 18.3 Å². The van der Waals surface area contributed by atoms with Gasteiger partial charge in [-0.05, 0) is 84.5 Å². The van der Waals surface area contributed by atoms with E-state index in [1.807, 2.05) is 47.4 Å². The molecule has 4 aromatic rings. The fourth-order valence-corrected chi connectivity index (χ4v) is 5.60. The van der Waals surface area contributed by atoms with Crippen LogP contribution in [0.2, 0.25) is 5.02 Å². The van der Waals surface area contributed by atoms with Gasteiger partial charge in [0, 0.05) is 30.6 Å². The second-order valence-electron chi connectivity index (χ2n) is 10.4.